The van der Waals surface area contributed by atoms with Crippen LogP contribution in [0.1, 0.15) is 12.0 Å². The minimum absolute atomic E-state index is 0.0181. The molecule has 1 aliphatic heterocycles. The molecule has 0 N–H and O–H groups in total. The largest absolute Gasteiger partial charge is 0.413 e. The van der Waals surface area contributed by atoms with Crippen molar-refractivity contribution in [1.82, 2.24) is 19.2 Å². The van der Waals surface area contributed by atoms with Crippen LogP contribution in [0.5, 0.6) is 0 Å². The third-order valence-corrected chi connectivity index (χ3v) is 5.88. The first-order chi connectivity index (χ1) is 14.1. The summed E-state index contributed by atoms with van der Waals surface area (Å²) < 4.78 is 44.6. The van der Waals surface area contributed by atoms with Gasteiger partial charge in [0.05, 0.1) is 5.39 Å². The molecular formula is C20H18ClF3N4O2. The Kier molecular flexibility index (Phi) is 4.98. The van der Waals surface area contributed by atoms with E-state index in [4.69, 9.17) is 11.6 Å². The molecule has 0 spiro atoms. The van der Waals surface area contributed by atoms with Gasteiger partial charge in [-0.25, -0.2) is 4.68 Å². The number of halogens is 4. The van der Waals surface area contributed by atoms with Gasteiger partial charge >= 0.3 is 6.18 Å². The van der Waals surface area contributed by atoms with Gasteiger partial charge in [0.25, 0.3) is 11.1 Å². The molecule has 1 aliphatic rings. The molecule has 1 fully saturated rings. The number of aryl methyl sites for hydroxylation is 1. The third-order valence-electron chi connectivity index (χ3n) is 5.60. The van der Waals surface area contributed by atoms with Gasteiger partial charge in [0.2, 0.25) is 0 Å². The van der Waals surface area contributed by atoms with Crippen molar-refractivity contribution in [3.05, 3.63) is 74.0 Å². The highest BCUT2D eigenvalue weighted by Crippen LogP contribution is 2.44. The van der Waals surface area contributed by atoms with Gasteiger partial charge in [0.1, 0.15) is 0 Å². The van der Waals surface area contributed by atoms with Crippen LogP contribution in [0.25, 0.3) is 10.8 Å². The number of rotatable bonds is 3. The van der Waals surface area contributed by atoms with Crippen molar-refractivity contribution in [3.63, 3.8) is 0 Å². The summed E-state index contributed by atoms with van der Waals surface area (Å²) in [5.41, 5.74) is -3.04. The molecular weight excluding hydrogens is 421 g/mol. The lowest BCUT2D eigenvalue weighted by atomic mass is 9.96. The van der Waals surface area contributed by atoms with Crippen LogP contribution in [0, 0.1) is 0 Å². The number of alkyl halides is 3. The van der Waals surface area contributed by atoms with Crippen LogP contribution in [-0.4, -0.2) is 38.5 Å². The van der Waals surface area contributed by atoms with E-state index in [9.17, 15) is 22.8 Å². The zero-order valence-corrected chi connectivity index (χ0v) is 16.7. The summed E-state index contributed by atoms with van der Waals surface area (Å²) in [6.07, 6.45) is -3.95. The monoisotopic (exact) mass is 438 g/mol. The molecule has 3 heterocycles. The number of aromatic nitrogens is 3. The SMILES string of the molecule is Cn1nc(Cl)c2cn(C3(C(F)(F)F)CCN(Cc4ccccc4)C3)c(=O)cc2c1=O. The maximum absolute atomic E-state index is 14.3. The van der Waals surface area contributed by atoms with Crippen LogP contribution in [0.3, 0.4) is 0 Å². The Morgan fingerprint density at radius 3 is 2.53 bits per heavy atom. The fourth-order valence-corrected chi connectivity index (χ4v) is 4.29. The highest BCUT2D eigenvalue weighted by Gasteiger charge is 2.59. The van der Waals surface area contributed by atoms with E-state index in [0.29, 0.717) is 11.1 Å². The van der Waals surface area contributed by atoms with E-state index in [1.807, 2.05) is 30.3 Å². The van der Waals surface area contributed by atoms with Gasteiger partial charge < -0.3 is 0 Å². The molecule has 2 aromatic heterocycles. The Bertz CT molecular complexity index is 1220. The number of nitrogens with zero attached hydrogens (tertiary/aromatic N) is 4. The summed E-state index contributed by atoms with van der Waals surface area (Å²) in [6.45, 7) is 0.123. The smallest absolute Gasteiger partial charge is 0.298 e. The molecule has 158 valence electrons. The van der Waals surface area contributed by atoms with E-state index >= 15 is 0 Å². The first kappa shape index (κ1) is 20.6. The second kappa shape index (κ2) is 7.24. The normalized spacial score (nSPS) is 20.2. The van der Waals surface area contributed by atoms with E-state index in [-0.39, 0.29) is 35.4 Å². The molecule has 3 aromatic rings. The van der Waals surface area contributed by atoms with Crippen molar-refractivity contribution in [2.75, 3.05) is 13.1 Å². The van der Waals surface area contributed by atoms with Crippen LogP contribution in [0.15, 0.2) is 52.2 Å². The van der Waals surface area contributed by atoms with Crippen molar-refractivity contribution in [2.24, 2.45) is 7.05 Å². The van der Waals surface area contributed by atoms with Crippen molar-refractivity contribution in [2.45, 2.75) is 24.7 Å². The van der Waals surface area contributed by atoms with E-state index in [0.717, 1.165) is 22.5 Å². The van der Waals surface area contributed by atoms with Gasteiger partial charge in [-0.3, -0.25) is 19.1 Å². The number of benzene rings is 1. The van der Waals surface area contributed by atoms with Gasteiger partial charge in [-0.1, -0.05) is 41.9 Å². The lowest BCUT2D eigenvalue weighted by Crippen LogP contribution is -2.53. The highest BCUT2D eigenvalue weighted by atomic mass is 35.5. The van der Waals surface area contributed by atoms with Crippen molar-refractivity contribution in [1.29, 1.82) is 0 Å². The standard InChI is InChI=1S/C20H18ClF3N4O2/c1-26-18(30)14-9-16(29)28(11-15(14)17(21)25-26)19(20(22,23)24)7-8-27(12-19)10-13-5-3-2-4-6-13/h2-6,9,11H,7-8,10,12H2,1H3. The minimum atomic E-state index is -4.68. The summed E-state index contributed by atoms with van der Waals surface area (Å²) in [5, 5.41) is 3.63. The molecule has 6 nitrogen and oxygen atoms in total. The number of hydrogen-bond acceptors (Lipinski definition) is 4. The summed E-state index contributed by atoms with van der Waals surface area (Å²) in [6, 6.07) is 10.1. The number of likely N-dealkylation sites (tertiary alicyclic amines) is 1. The van der Waals surface area contributed by atoms with Crippen LogP contribution < -0.4 is 11.1 Å². The lowest BCUT2D eigenvalue weighted by Gasteiger charge is -2.34. The van der Waals surface area contributed by atoms with Crippen LogP contribution >= 0.6 is 11.6 Å². The second-order valence-electron chi connectivity index (χ2n) is 7.50. The minimum Gasteiger partial charge on any atom is -0.298 e. The van der Waals surface area contributed by atoms with E-state index in [1.54, 1.807) is 4.90 Å². The molecule has 30 heavy (non-hydrogen) atoms. The zero-order valence-electron chi connectivity index (χ0n) is 16.0. The zero-order chi connectivity index (χ0) is 21.7. The van der Waals surface area contributed by atoms with Gasteiger partial charge in [0, 0.05) is 44.3 Å². The molecule has 1 atom stereocenters. The molecule has 0 bridgehead atoms. The fourth-order valence-electron chi connectivity index (χ4n) is 4.03. The average molecular weight is 439 g/mol. The average Bonchev–Trinajstić information content (AvgIpc) is 3.11. The predicted molar refractivity (Wildman–Crippen MR) is 107 cm³/mol. The summed E-state index contributed by atoms with van der Waals surface area (Å²) in [5.74, 6) is 0. The van der Waals surface area contributed by atoms with Crippen molar-refractivity contribution >= 4 is 22.4 Å². The highest BCUT2D eigenvalue weighted by molar-refractivity contribution is 6.34. The number of fused-ring (bicyclic) bond motifs is 1. The Hall–Kier alpha value is -2.65. The topological polar surface area (TPSA) is 60.1 Å². The van der Waals surface area contributed by atoms with Gasteiger partial charge in [-0.2, -0.15) is 18.3 Å². The molecule has 0 saturated carbocycles. The summed E-state index contributed by atoms with van der Waals surface area (Å²) in [7, 11) is 1.36. The van der Waals surface area contributed by atoms with E-state index in [1.165, 1.54) is 7.05 Å². The van der Waals surface area contributed by atoms with Crippen LogP contribution in [0.2, 0.25) is 5.15 Å². The molecule has 10 heteroatoms. The van der Waals surface area contributed by atoms with Gasteiger partial charge in [0.15, 0.2) is 10.7 Å². The van der Waals surface area contributed by atoms with Crippen molar-refractivity contribution < 1.29 is 13.2 Å². The maximum Gasteiger partial charge on any atom is 0.413 e. The Labute approximate surface area is 174 Å². The first-order valence-electron chi connectivity index (χ1n) is 9.25. The van der Waals surface area contributed by atoms with Gasteiger partial charge in [-0.15, -0.1) is 0 Å². The molecule has 1 aromatic carbocycles. The van der Waals surface area contributed by atoms with Crippen LogP contribution in [-0.2, 0) is 19.1 Å². The lowest BCUT2D eigenvalue weighted by molar-refractivity contribution is -0.211. The molecule has 0 amide bonds. The second-order valence-corrected chi connectivity index (χ2v) is 7.86. The predicted octanol–water partition coefficient (Wildman–Crippen LogP) is 2.91. The van der Waals surface area contributed by atoms with E-state index in [2.05, 4.69) is 5.10 Å². The van der Waals surface area contributed by atoms with Crippen LogP contribution in [0.4, 0.5) is 13.2 Å². The molecule has 1 saturated heterocycles. The Balaban J connectivity index is 1.83. The summed E-state index contributed by atoms with van der Waals surface area (Å²) >= 11 is 6.08. The van der Waals surface area contributed by atoms with Gasteiger partial charge in [-0.05, 0) is 12.0 Å². The number of hydrogen-bond donors (Lipinski definition) is 0. The third kappa shape index (κ3) is 3.31. The molecule has 0 radical (unpaired) electrons. The first-order valence-corrected chi connectivity index (χ1v) is 9.63. The molecule has 1 unspecified atom stereocenters. The molecule has 0 aliphatic carbocycles. The summed E-state index contributed by atoms with van der Waals surface area (Å²) in [4.78, 5) is 26.7. The Morgan fingerprint density at radius 2 is 1.87 bits per heavy atom. The maximum atomic E-state index is 14.3. The van der Waals surface area contributed by atoms with Crippen molar-refractivity contribution in [3.8, 4) is 0 Å². The quantitative estimate of drug-likeness (QED) is 0.631. The van der Waals surface area contributed by atoms with E-state index < -0.39 is 22.8 Å². The Morgan fingerprint density at radius 1 is 1.17 bits per heavy atom. The molecule has 4 rings (SSSR count). The number of pyridine rings is 1. The fraction of sp³-hybridized carbons (Fsp3) is 0.350.